The van der Waals surface area contributed by atoms with Crippen LogP contribution in [0, 0.1) is 17.3 Å². The van der Waals surface area contributed by atoms with Gasteiger partial charge in [0, 0.05) is 13.7 Å². The summed E-state index contributed by atoms with van der Waals surface area (Å²) in [6.07, 6.45) is 8.29. The number of methoxy groups -OCH3 is 1. The lowest BCUT2D eigenvalue weighted by Gasteiger charge is -2.38. The molecular formula is C13H20O3. The van der Waals surface area contributed by atoms with Crippen LogP contribution in [0.1, 0.15) is 20.3 Å². The molecule has 0 amide bonds. The molecule has 1 aliphatic rings. The van der Waals surface area contributed by atoms with E-state index in [-0.39, 0.29) is 11.8 Å². The first kappa shape index (κ1) is 13.0. The molecule has 0 aliphatic heterocycles. The van der Waals surface area contributed by atoms with Gasteiger partial charge < -0.3 is 9.84 Å². The summed E-state index contributed by atoms with van der Waals surface area (Å²) in [4.78, 5) is 11.6. The van der Waals surface area contributed by atoms with Crippen LogP contribution in [0.2, 0.25) is 0 Å². The monoisotopic (exact) mass is 224 g/mol. The van der Waals surface area contributed by atoms with E-state index in [1.54, 1.807) is 7.11 Å². The Kier molecular flexibility index (Phi) is 4.30. The molecule has 1 N–H and O–H groups in total. The number of carboxylic acids is 1. The summed E-state index contributed by atoms with van der Waals surface area (Å²) in [5.74, 6) is -0.674. The number of carbonyl (C=O) groups is 1. The van der Waals surface area contributed by atoms with Crippen LogP contribution in [0.5, 0.6) is 0 Å². The van der Waals surface area contributed by atoms with Crippen molar-refractivity contribution in [1.29, 1.82) is 0 Å². The average molecular weight is 224 g/mol. The van der Waals surface area contributed by atoms with Crippen LogP contribution < -0.4 is 0 Å². The van der Waals surface area contributed by atoms with E-state index in [4.69, 9.17) is 4.74 Å². The van der Waals surface area contributed by atoms with E-state index in [2.05, 4.69) is 0 Å². The SMILES string of the molecule is COCCC1C=CC=CC1(C(=O)O)C(C)C. The molecule has 0 radical (unpaired) electrons. The number of rotatable bonds is 5. The summed E-state index contributed by atoms with van der Waals surface area (Å²) < 4.78 is 5.05. The fourth-order valence-corrected chi connectivity index (χ4v) is 2.37. The van der Waals surface area contributed by atoms with Crippen LogP contribution in [0.15, 0.2) is 24.3 Å². The predicted octanol–water partition coefficient (Wildman–Crippen LogP) is 2.49. The highest BCUT2D eigenvalue weighted by molar-refractivity contribution is 5.78. The van der Waals surface area contributed by atoms with Crippen molar-refractivity contribution in [3.05, 3.63) is 24.3 Å². The van der Waals surface area contributed by atoms with E-state index in [1.165, 1.54) is 0 Å². The first-order valence-corrected chi connectivity index (χ1v) is 5.64. The maximum Gasteiger partial charge on any atom is 0.314 e. The van der Waals surface area contributed by atoms with Gasteiger partial charge in [-0.1, -0.05) is 38.2 Å². The molecule has 3 nitrogen and oxygen atoms in total. The summed E-state index contributed by atoms with van der Waals surface area (Å²) in [5.41, 5.74) is -0.784. The third-order valence-electron chi connectivity index (χ3n) is 3.40. The van der Waals surface area contributed by atoms with Crippen molar-refractivity contribution in [2.45, 2.75) is 20.3 Å². The second-order valence-electron chi connectivity index (χ2n) is 4.52. The summed E-state index contributed by atoms with van der Waals surface area (Å²) >= 11 is 0. The zero-order chi connectivity index (χ0) is 12.2. The standard InChI is InChI=1S/C13H20O3/c1-10(2)13(12(14)15)8-5-4-6-11(13)7-9-16-3/h4-6,8,10-11H,7,9H2,1-3H3,(H,14,15). The van der Waals surface area contributed by atoms with Gasteiger partial charge in [0.15, 0.2) is 0 Å². The van der Waals surface area contributed by atoms with Crippen LogP contribution in [0.3, 0.4) is 0 Å². The van der Waals surface area contributed by atoms with Gasteiger partial charge in [0.05, 0.1) is 5.41 Å². The lowest BCUT2D eigenvalue weighted by atomic mass is 9.65. The van der Waals surface area contributed by atoms with Crippen LogP contribution in [0.25, 0.3) is 0 Å². The van der Waals surface area contributed by atoms with Crippen molar-refractivity contribution >= 4 is 5.97 Å². The molecule has 1 aliphatic carbocycles. The Bertz CT molecular complexity index is 304. The minimum Gasteiger partial charge on any atom is -0.481 e. The molecule has 0 saturated heterocycles. The second-order valence-corrected chi connectivity index (χ2v) is 4.52. The van der Waals surface area contributed by atoms with Gasteiger partial charge in [-0.05, 0) is 18.3 Å². The van der Waals surface area contributed by atoms with Crippen molar-refractivity contribution in [1.82, 2.24) is 0 Å². The maximum atomic E-state index is 11.6. The smallest absolute Gasteiger partial charge is 0.314 e. The van der Waals surface area contributed by atoms with Gasteiger partial charge in [0.1, 0.15) is 0 Å². The highest BCUT2D eigenvalue weighted by atomic mass is 16.5. The maximum absolute atomic E-state index is 11.6. The van der Waals surface area contributed by atoms with Gasteiger partial charge in [-0.2, -0.15) is 0 Å². The zero-order valence-electron chi connectivity index (χ0n) is 10.1. The topological polar surface area (TPSA) is 46.5 Å². The van der Waals surface area contributed by atoms with Crippen LogP contribution in [0.4, 0.5) is 0 Å². The molecule has 0 saturated carbocycles. The minimum absolute atomic E-state index is 0.00921. The van der Waals surface area contributed by atoms with E-state index in [1.807, 2.05) is 38.2 Å². The molecule has 0 aromatic heterocycles. The number of carboxylic acid groups (broad SMARTS) is 1. The normalized spacial score (nSPS) is 28.6. The third kappa shape index (κ3) is 2.19. The largest absolute Gasteiger partial charge is 0.481 e. The number of hydrogen-bond donors (Lipinski definition) is 1. The van der Waals surface area contributed by atoms with Crippen LogP contribution >= 0.6 is 0 Å². The van der Waals surface area contributed by atoms with Crippen LogP contribution in [-0.4, -0.2) is 24.8 Å². The summed E-state index contributed by atoms with van der Waals surface area (Å²) in [7, 11) is 1.64. The van der Waals surface area contributed by atoms with E-state index in [0.29, 0.717) is 6.61 Å². The lowest BCUT2D eigenvalue weighted by Crippen LogP contribution is -2.42. The summed E-state index contributed by atoms with van der Waals surface area (Å²) in [5, 5.41) is 9.50. The first-order chi connectivity index (χ1) is 7.55. The molecule has 0 fully saturated rings. The molecule has 90 valence electrons. The van der Waals surface area contributed by atoms with Crippen molar-refractivity contribution in [3.63, 3.8) is 0 Å². The number of ether oxygens (including phenoxy) is 1. The summed E-state index contributed by atoms with van der Waals surface area (Å²) in [6, 6.07) is 0. The Hall–Kier alpha value is -1.09. The van der Waals surface area contributed by atoms with E-state index < -0.39 is 11.4 Å². The predicted molar refractivity (Wildman–Crippen MR) is 63.2 cm³/mol. The van der Waals surface area contributed by atoms with E-state index in [9.17, 15) is 9.90 Å². The van der Waals surface area contributed by atoms with Crippen molar-refractivity contribution in [3.8, 4) is 0 Å². The Balaban J connectivity index is 2.98. The van der Waals surface area contributed by atoms with Gasteiger partial charge in [0.25, 0.3) is 0 Å². The average Bonchev–Trinajstić information content (AvgIpc) is 2.25. The molecule has 0 aromatic carbocycles. The molecule has 2 unspecified atom stereocenters. The minimum atomic E-state index is -0.784. The van der Waals surface area contributed by atoms with Gasteiger partial charge in [-0.25, -0.2) is 0 Å². The van der Waals surface area contributed by atoms with Gasteiger partial charge >= 0.3 is 5.97 Å². The van der Waals surface area contributed by atoms with E-state index >= 15 is 0 Å². The quantitative estimate of drug-likeness (QED) is 0.780. The highest BCUT2D eigenvalue weighted by Gasteiger charge is 2.45. The Morgan fingerprint density at radius 1 is 1.50 bits per heavy atom. The molecule has 0 spiro atoms. The van der Waals surface area contributed by atoms with Gasteiger partial charge in [-0.15, -0.1) is 0 Å². The third-order valence-corrected chi connectivity index (χ3v) is 3.40. The van der Waals surface area contributed by atoms with Gasteiger partial charge in [-0.3, -0.25) is 4.79 Å². The Morgan fingerprint density at radius 2 is 2.19 bits per heavy atom. The fraction of sp³-hybridized carbons (Fsp3) is 0.615. The Labute approximate surface area is 96.8 Å². The molecule has 1 rings (SSSR count). The van der Waals surface area contributed by atoms with Crippen molar-refractivity contribution in [2.24, 2.45) is 17.3 Å². The molecule has 2 atom stereocenters. The number of hydrogen-bond acceptors (Lipinski definition) is 2. The molecular weight excluding hydrogens is 204 g/mol. The fourth-order valence-electron chi connectivity index (χ4n) is 2.37. The van der Waals surface area contributed by atoms with E-state index in [0.717, 1.165) is 6.42 Å². The number of allylic oxidation sites excluding steroid dienone is 3. The van der Waals surface area contributed by atoms with Gasteiger partial charge in [0.2, 0.25) is 0 Å². The van der Waals surface area contributed by atoms with Crippen LogP contribution in [-0.2, 0) is 9.53 Å². The lowest BCUT2D eigenvalue weighted by molar-refractivity contribution is -0.151. The number of aliphatic carboxylic acids is 1. The first-order valence-electron chi connectivity index (χ1n) is 5.64. The van der Waals surface area contributed by atoms with Crippen molar-refractivity contribution in [2.75, 3.05) is 13.7 Å². The molecule has 0 heterocycles. The Morgan fingerprint density at radius 3 is 2.69 bits per heavy atom. The molecule has 16 heavy (non-hydrogen) atoms. The summed E-state index contributed by atoms with van der Waals surface area (Å²) in [6.45, 7) is 4.50. The van der Waals surface area contributed by atoms with Crippen molar-refractivity contribution < 1.29 is 14.6 Å². The molecule has 0 aromatic rings. The highest BCUT2D eigenvalue weighted by Crippen LogP contribution is 2.42. The zero-order valence-corrected chi connectivity index (χ0v) is 10.1. The molecule has 3 heteroatoms. The molecule has 0 bridgehead atoms. The second kappa shape index (κ2) is 5.30.